The van der Waals surface area contributed by atoms with Gasteiger partial charge in [-0.25, -0.2) is 9.59 Å². The van der Waals surface area contributed by atoms with Gasteiger partial charge in [-0.1, -0.05) is 0 Å². The predicted molar refractivity (Wildman–Crippen MR) is 98.9 cm³/mol. The van der Waals surface area contributed by atoms with E-state index >= 15 is 0 Å². The van der Waals surface area contributed by atoms with Crippen LogP contribution >= 0.6 is 0 Å². The Kier molecular flexibility index (Phi) is 18.6. The van der Waals surface area contributed by atoms with Crippen LogP contribution < -0.4 is 0 Å². The fourth-order valence-corrected chi connectivity index (χ4v) is 1.75. The predicted octanol–water partition coefficient (Wildman–Crippen LogP) is 1.30. The summed E-state index contributed by atoms with van der Waals surface area (Å²) in [5, 5.41) is 0. The standard InChI is InChI=1S/C18H28F6O10/c19-17(20,21)15(25)33-13-11-31-9-7-29-5-3-27-1-2-28-4-6-30-8-10-32-12-14-34-16(26)18(22,23)24/h1-14H2. The molecule has 0 bridgehead atoms. The zero-order chi connectivity index (χ0) is 25.7. The first-order valence-corrected chi connectivity index (χ1v) is 9.99. The smallest absolute Gasteiger partial charge is 0.457 e. The Bertz CT molecular complexity index is 484. The van der Waals surface area contributed by atoms with E-state index in [1.54, 1.807) is 0 Å². The van der Waals surface area contributed by atoms with Crippen molar-refractivity contribution in [2.24, 2.45) is 0 Å². The summed E-state index contributed by atoms with van der Waals surface area (Å²) in [6.45, 7) is 0.963. The molecule has 0 saturated heterocycles. The number of ether oxygens (including phenoxy) is 8. The van der Waals surface area contributed by atoms with Crippen molar-refractivity contribution in [3.05, 3.63) is 0 Å². The third-order valence-electron chi connectivity index (χ3n) is 3.24. The lowest BCUT2D eigenvalue weighted by Crippen LogP contribution is -2.26. The topological polar surface area (TPSA) is 108 Å². The van der Waals surface area contributed by atoms with Crippen molar-refractivity contribution < 1.29 is 73.8 Å². The third kappa shape index (κ3) is 20.9. The van der Waals surface area contributed by atoms with Crippen LogP contribution in [0.5, 0.6) is 0 Å². The van der Waals surface area contributed by atoms with E-state index in [4.69, 9.17) is 28.4 Å². The molecule has 0 spiro atoms. The van der Waals surface area contributed by atoms with Crippen molar-refractivity contribution in [2.45, 2.75) is 12.4 Å². The van der Waals surface area contributed by atoms with Crippen molar-refractivity contribution in [2.75, 3.05) is 92.5 Å². The van der Waals surface area contributed by atoms with E-state index < -0.39 is 37.5 Å². The number of carbonyl (C=O) groups excluding carboxylic acids is 2. The van der Waals surface area contributed by atoms with E-state index in [0.29, 0.717) is 26.4 Å². The molecule has 0 saturated carbocycles. The Morgan fingerprint density at radius 1 is 0.382 bits per heavy atom. The van der Waals surface area contributed by atoms with Crippen LogP contribution in [0, 0.1) is 0 Å². The summed E-state index contributed by atoms with van der Waals surface area (Å²) in [5.74, 6) is -4.53. The molecule has 34 heavy (non-hydrogen) atoms. The average Bonchev–Trinajstić information content (AvgIpc) is 2.75. The summed E-state index contributed by atoms with van der Waals surface area (Å²) in [4.78, 5) is 20.8. The minimum absolute atomic E-state index is 0.114. The maximum atomic E-state index is 11.8. The van der Waals surface area contributed by atoms with Gasteiger partial charge in [0.15, 0.2) is 0 Å². The van der Waals surface area contributed by atoms with Gasteiger partial charge >= 0.3 is 24.3 Å². The second-order valence-corrected chi connectivity index (χ2v) is 5.94. The molecule has 0 aliphatic carbocycles. The SMILES string of the molecule is O=C(OCCOCCOCCOCCOCCOCCOCCOC(=O)C(F)(F)F)C(F)(F)F. The van der Waals surface area contributed by atoms with Crippen molar-refractivity contribution in [1.82, 2.24) is 0 Å². The van der Waals surface area contributed by atoms with E-state index in [2.05, 4.69) is 9.47 Å². The summed E-state index contributed by atoms with van der Waals surface area (Å²) in [6, 6.07) is 0. The molecule has 0 aliphatic rings. The van der Waals surface area contributed by atoms with Crippen LogP contribution in [-0.2, 0) is 47.5 Å². The molecule has 0 aromatic heterocycles. The monoisotopic (exact) mass is 518 g/mol. The summed E-state index contributed by atoms with van der Waals surface area (Å²) in [6.07, 6.45) is -10.0. The normalized spacial score (nSPS) is 12.1. The number of carbonyl (C=O) groups is 2. The second-order valence-electron chi connectivity index (χ2n) is 5.94. The molecule has 0 amide bonds. The molecule has 10 nitrogen and oxygen atoms in total. The van der Waals surface area contributed by atoms with E-state index in [1.807, 2.05) is 0 Å². The number of esters is 2. The Labute approximate surface area is 191 Å². The van der Waals surface area contributed by atoms with Gasteiger partial charge in [0.05, 0.1) is 79.3 Å². The summed E-state index contributed by atoms with van der Waals surface area (Å²) < 4.78 is 110. The number of hydrogen-bond donors (Lipinski definition) is 0. The zero-order valence-corrected chi connectivity index (χ0v) is 18.2. The highest BCUT2D eigenvalue weighted by Crippen LogP contribution is 2.16. The highest BCUT2D eigenvalue weighted by Gasteiger charge is 2.41. The quantitative estimate of drug-likeness (QED) is 0.125. The van der Waals surface area contributed by atoms with Crippen LogP contribution in [0.3, 0.4) is 0 Å². The molecule has 0 aromatic carbocycles. The summed E-state index contributed by atoms with van der Waals surface area (Å²) in [7, 11) is 0. The van der Waals surface area contributed by atoms with Gasteiger partial charge < -0.3 is 37.9 Å². The highest BCUT2D eigenvalue weighted by atomic mass is 19.4. The second kappa shape index (κ2) is 19.6. The van der Waals surface area contributed by atoms with E-state index in [9.17, 15) is 35.9 Å². The molecule has 0 fully saturated rings. The molecule has 202 valence electrons. The van der Waals surface area contributed by atoms with Gasteiger partial charge in [0.1, 0.15) is 13.2 Å². The Hall–Kier alpha value is -1.72. The molecule has 0 aliphatic heterocycles. The maximum absolute atomic E-state index is 11.8. The largest absolute Gasteiger partial charge is 0.490 e. The third-order valence-corrected chi connectivity index (χ3v) is 3.24. The molecule has 0 N–H and O–H groups in total. The Morgan fingerprint density at radius 2 is 0.559 bits per heavy atom. The average molecular weight is 518 g/mol. The van der Waals surface area contributed by atoms with Gasteiger partial charge in [-0.2, -0.15) is 26.3 Å². The van der Waals surface area contributed by atoms with Gasteiger partial charge in [-0.15, -0.1) is 0 Å². The minimum Gasteiger partial charge on any atom is -0.457 e. The van der Waals surface area contributed by atoms with E-state index in [1.165, 1.54) is 0 Å². The summed E-state index contributed by atoms with van der Waals surface area (Å²) in [5.41, 5.74) is 0. The number of alkyl halides is 6. The van der Waals surface area contributed by atoms with Crippen molar-refractivity contribution in [3.8, 4) is 0 Å². The Balaban J connectivity index is 3.18. The van der Waals surface area contributed by atoms with Crippen LogP contribution in [0.1, 0.15) is 0 Å². The lowest BCUT2D eigenvalue weighted by Gasteiger charge is -2.09. The fraction of sp³-hybridized carbons (Fsp3) is 0.889. The fourth-order valence-electron chi connectivity index (χ4n) is 1.75. The number of halogens is 6. The van der Waals surface area contributed by atoms with Crippen LogP contribution in [0.2, 0.25) is 0 Å². The van der Waals surface area contributed by atoms with Gasteiger partial charge in [0.25, 0.3) is 0 Å². The first-order valence-electron chi connectivity index (χ1n) is 9.99. The van der Waals surface area contributed by atoms with Gasteiger partial charge in [-0.05, 0) is 0 Å². The maximum Gasteiger partial charge on any atom is 0.490 e. The number of rotatable bonds is 21. The Morgan fingerprint density at radius 3 is 0.735 bits per heavy atom. The first kappa shape index (κ1) is 32.3. The van der Waals surface area contributed by atoms with Gasteiger partial charge in [0.2, 0.25) is 0 Å². The lowest BCUT2D eigenvalue weighted by molar-refractivity contribution is -0.200. The molecule has 0 rings (SSSR count). The number of hydrogen-bond acceptors (Lipinski definition) is 10. The molecule has 0 aromatic rings. The molecular formula is C18H28F6O10. The van der Waals surface area contributed by atoms with E-state index in [0.717, 1.165) is 0 Å². The van der Waals surface area contributed by atoms with Crippen molar-refractivity contribution >= 4 is 11.9 Å². The summed E-state index contributed by atoms with van der Waals surface area (Å²) >= 11 is 0. The van der Waals surface area contributed by atoms with Crippen molar-refractivity contribution in [3.63, 3.8) is 0 Å². The molecule has 0 unspecified atom stereocenters. The molecule has 0 atom stereocenters. The van der Waals surface area contributed by atoms with Gasteiger partial charge in [0, 0.05) is 0 Å². The molecule has 16 heteroatoms. The lowest BCUT2D eigenvalue weighted by atomic mass is 10.6. The molecule has 0 radical (unpaired) electrons. The van der Waals surface area contributed by atoms with Gasteiger partial charge in [-0.3, -0.25) is 0 Å². The van der Waals surface area contributed by atoms with Crippen LogP contribution in [0.15, 0.2) is 0 Å². The van der Waals surface area contributed by atoms with Crippen LogP contribution in [0.4, 0.5) is 26.3 Å². The van der Waals surface area contributed by atoms with Crippen molar-refractivity contribution in [1.29, 1.82) is 0 Å². The van der Waals surface area contributed by atoms with Crippen LogP contribution in [-0.4, -0.2) is 117 Å². The minimum atomic E-state index is -5.02. The molecular weight excluding hydrogens is 490 g/mol. The van der Waals surface area contributed by atoms with E-state index in [-0.39, 0.29) is 52.9 Å². The molecule has 0 heterocycles. The highest BCUT2D eigenvalue weighted by molar-refractivity contribution is 5.75. The zero-order valence-electron chi connectivity index (χ0n) is 18.2. The van der Waals surface area contributed by atoms with Crippen LogP contribution in [0.25, 0.3) is 0 Å². The first-order chi connectivity index (χ1) is 16.0.